The molecule has 0 bridgehead atoms. The molecule has 2 aliphatic rings. The topological polar surface area (TPSA) is 95.5 Å². The van der Waals surface area contributed by atoms with E-state index in [2.05, 4.69) is 10.6 Å². The summed E-state index contributed by atoms with van der Waals surface area (Å²) in [7, 11) is 1.41. The average Bonchev–Trinajstić information content (AvgIpc) is 2.28. The van der Waals surface area contributed by atoms with E-state index in [1.165, 1.54) is 13.1 Å². The fourth-order valence-corrected chi connectivity index (χ4v) is 2.50. The van der Waals surface area contributed by atoms with Crippen LogP contribution in [0.2, 0.25) is 0 Å². The third-order valence-electron chi connectivity index (χ3n) is 3.89. The second-order valence-electron chi connectivity index (χ2n) is 4.79. The van der Waals surface area contributed by atoms with Crippen molar-refractivity contribution >= 4 is 17.8 Å². The van der Waals surface area contributed by atoms with Gasteiger partial charge in [-0.05, 0) is 24.8 Å². The minimum absolute atomic E-state index is 0.00439. The zero-order valence-corrected chi connectivity index (χ0v) is 10.2. The van der Waals surface area contributed by atoms with Crippen LogP contribution >= 0.6 is 0 Å². The molecule has 1 unspecified atom stereocenters. The Morgan fingerprint density at radius 3 is 2.61 bits per heavy atom. The first-order chi connectivity index (χ1) is 8.51. The predicted molar refractivity (Wildman–Crippen MR) is 62.6 cm³/mol. The number of hydrogen-bond donors (Lipinski definition) is 3. The van der Waals surface area contributed by atoms with Gasteiger partial charge in [-0.15, -0.1) is 0 Å². The third kappa shape index (κ3) is 1.77. The van der Waals surface area contributed by atoms with Crippen molar-refractivity contribution in [3.63, 3.8) is 0 Å². The SMILES string of the molecule is CNC(=O)C1=CC(C(=O)O)(C2CCC2)CNC1=O. The van der Waals surface area contributed by atoms with E-state index in [0.29, 0.717) is 0 Å². The molecule has 18 heavy (non-hydrogen) atoms. The lowest BCUT2D eigenvalue weighted by atomic mass is 9.63. The van der Waals surface area contributed by atoms with Crippen molar-refractivity contribution in [2.45, 2.75) is 19.3 Å². The van der Waals surface area contributed by atoms with Gasteiger partial charge < -0.3 is 15.7 Å². The molecule has 6 heteroatoms. The Morgan fingerprint density at radius 1 is 1.50 bits per heavy atom. The minimum atomic E-state index is -1.13. The second kappa shape index (κ2) is 4.44. The number of rotatable bonds is 3. The van der Waals surface area contributed by atoms with Gasteiger partial charge in [0.1, 0.15) is 11.0 Å². The summed E-state index contributed by atoms with van der Waals surface area (Å²) in [5.74, 6) is -2.04. The van der Waals surface area contributed by atoms with Crippen LogP contribution in [0.15, 0.2) is 11.6 Å². The molecular formula is C12H16N2O4. The van der Waals surface area contributed by atoms with Crippen molar-refractivity contribution in [3.05, 3.63) is 11.6 Å². The summed E-state index contributed by atoms with van der Waals surface area (Å²) in [4.78, 5) is 34.7. The summed E-state index contributed by atoms with van der Waals surface area (Å²) in [5, 5.41) is 14.3. The van der Waals surface area contributed by atoms with E-state index >= 15 is 0 Å². The number of likely N-dealkylation sites (N-methyl/N-ethyl adjacent to an activating group) is 1. The molecule has 6 nitrogen and oxygen atoms in total. The first kappa shape index (κ1) is 12.6. The molecule has 0 saturated heterocycles. The van der Waals surface area contributed by atoms with Crippen LogP contribution in [0.3, 0.4) is 0 Å². The molecule has 2 rings (SSSR count). The van der Waals surface area contributed by atoms with E-state index in [0.717, 1.165) is 19.3 Å². The van der Waals surface area contributed by atoms with Gasteiger partial charge in [0, 0.05) is 13.6 Å². The summed E-state index contributed by atoms with van der Waals surface area (Å²) in [5.41, 5.74) is -1.23. The molecule has 1 atom stereocenters. The highest BCUT2D eigenvalue weighted by Gasteiger charge is 2.50. The Balaban J connectivity index is 2.41. The third-order valence-corrected chi connectivity index (χ3v) is 3.89. The van der Waals surface area contributed by atoms with Crippen LogP contribution in [-0.2, 0) is 14.4 Å². The molecule has 3 N–H and O–H groups in total. The molecular weight excluding hydrogens is 236 g/mol. The van der Waals surface area contributed by atoms with Gasteiger partial charge in [-0.3, -0.25) is 14.4 Å². The molecule has 2 amide bonds. The van der Waals surface area contributed by atoms with Crippen molar-refractivity contribution in [2.75, 3.05) is 13.6 Å². The summed E-state index contributed by atoms with van der Waals surface area (Å²) in [6, 6.07) is 0. The zero-order valence-electron chi connectivity index (χ0n) is 10.2. The molecule has 1 heterocycles. The van der Waals surface area contributed by atoms with Crippen LogP contribution in [0.25, 0.3) is 0 Å². The Labute approximate surface area is 104 Å². The number of amides is 2. The zero-order chi connectivity index (χ0) is 13.3. The van der Waals surface area contributed by atoms with E-state index in [1.54, 1.807) is 0 Å². The molecule has 1 saturated carbocycles. The number of carboxylic acids is 1. The van der Waals surface area contributed by atoms with Crippen LogP contribution in [-0.4, -0.2) is 36.5 Å². The highest BCUT2D eigenvalue weighted by Crippen LogP contribution is 2.44. The standard InChI is InChI=1S/C12H16N2O4/c1-13-9(15)8-5-12(11(17)18,6-14-10(8)16)7-3-2-4-7/h5,7H,2-4,6H2,1H3,(H,13,15)(H,14,16)(H,17,18). The second-order valence-corrected chi connectivity index (χ2v) is 4.79. The van der Waals surface area contributed by atoms with Gasteiger partial charge in [0.2, 0.25) is 0 Å². The highest BCUT2D eigenvalue weighted by molar-refractivity contribution is 6.19. The lowest BCUT2D eigenvalue weighted by molar-refractivity contribution is -0.151. The quantitative estimate of drug-likeness (QED) is 0.599. The molecule has 0 aromatic rings. The Bertz CT molecular complexity index is 439. The predicted octanol–water partition coefficient (Wildman–Crippen LogP) is -0.340. The van der Waals surface area contributed by atoms with Gasteiger partial charge in [0.15, 0.2) is 0 Å². The number of hydrogen-bond acceptors (Lipinski definition) is 3. The molecule has 98 valence electrons. The van der Waals surface area contributed by atoms with Crippen molar-refractivity contribution in [1.82, 2.24) is 10.6 Å². The van der Waals surface area contributed by atoms with Crippen molar-refractivity contribution in [3.8, 4) is 0 Å². The first-order valence-corrected chi connectivity index (χ1v) is 5.98. The molecule has 1 aliphatic heterocycles. The summed E-state index contributed by atoms with van der Waals surface area (Å²) in [6.07, 6.45) is 3.98. The smallest absolute Gasteiger partial charge is 0.315 e. The lowest BCUT2D eigenvalue weighted by Gasteiger charge is -2.42. The minimum Gasteiger partial charge on any atom is -0.481 e. The Morgan fingerprint density at radius 2 is 2.17 bits per heavy atom. The molecule has 0 aromatic carbocycles. The van der Waals surface area contributed by atoms with Gasteiger partial charge in [-0.2, -0.15) is 0 Å². The van der Waals surface area contributed by atoms with Crippen molar-refractivity contribution in [2.24, 2.45) is 11.3 Å². The summed E-state index contributed by atoms with van der Waals surface area (Å²) in [6.45, 7) is 0.0618. The summed E-state index contributed by atoms with van der Waals surface area (Å²) >= 11 is 0. The Kier molecular flexibility index (Phi) is 3.11. The van der Waals surface area contributed by atoms with E-state index in [4.69, 9.17) is 0 Å². The van der Waals surface area contributed by atoms with Gasteiger partial charge >= 0.3 is 5.97 Å². The van der Waals surface area contributed by atoms with Crippen molar-refractivity contribution < 1.29 is 19.5 Å². The molecule has 1 fully saturated rings. The molecule has 0 radical (unpaired) electrons. The van der Waals surface area contributed by atoms with E-state index in [9.17, 15) is 19.5 Å². The van der Waals surface area contributed by atoms with E-state index in [-0.39, 0.29) is 18.0 Å². The maximum atomic E-state index is 11.6. The maximum Gasteiger partial charge on any atom is 0.315 e. The Hall–Kier alpha value is -1.85. The van der Waals surface area contributed by atoms with Gasteiger partial charge in [0.25, 0.3) is 11.8 Å². The monoisotopic (exact) mass is 252 g/mol. The molecule has 0 aromatic heterocycles. The van der Waals surface area contributed by atoms with Gasteiger partial charge in [-0.1, -0.05) is 6.42 Å². The number of carbonyl (C=O) groups is 3. The first-order valence-electron chi connectivity index (χ1n) is 5.98. The van der Waals surface area contributed by atoms with Crippen molar-refractivity contribution in [1.29, 1.82) is 0 Å². The van der Waals surface area contributed by atoms with Crippen LogP contribution in [0.4, 0.5) is 0 Å². The van der Waals surface area contributed by atoms with Gasteiger partial charge in [0.05, 0.1) is 0 Å². The normalized spacial score (nSPS) is 27.8. The van der Waals surface area contributed by atoms with Crippen LogP contribution < -0.4 is 10.6 Å². The van der Waals surface area contributed by atoms with Crippen LogP contribution in [0, 0.1) is 11.3 Å². The molecule has 1 aliphatic carbocycles. The maximum absolute atomic E-state index is 11.6. The van der Waals surface area contributed by atoms with E-state index < -0.39 is 23.2 Å². The van der Waals surface area contributed by atoms with E-state index in [1.807, 2.05) is 0 Å². The highest BCUT2D eigenvalue weighted by atomic mass is 16.4. The average molecular weight is 252 g/mol. The number of carbonyl (C=O) groups excluding carboxylic acids is 2. The molecule has 0 spiro atoms. The van der Waals surface area contributed by atoms with Crippen LogP contribution in [0.5, 0.6) is 0 Å². The van der Waals surface area contributed by atoms with Crippen LogP contribution in [0.1, 0.15) is 19.3 Å². The largest absolute Gasteiger partial charge is 0.481 e. The fraction of sp³-hybridized carbons (Fsp3) is 0.583. The summed E-state index contributed by atoms with van der Waals surface area (Å²) < 4.78 is 0. The number of aliphatic carboxylic acids is 1. The fourth-order valence-electron chi connectivity index (χ4n) is 2.50. The number of nitrogens with one attached hydrogen (secondary N) is 2. The number of carboxylic acid groups (broad SMARTS) is 1. The lowest BCUT2D eigenvalue weighted by Crippen LogP contribution is -2.53. The van der Waals surface area contributed by atoms with Gasteiger partial charge in [-0.25, -0.2) is 0 Å².